The Morgan fingerprint density at radius 2 is 1.80 bits per heavy atom. The molecule has 0 radical (unpaired) electrons. The van der Waals surface area contributed by atoms with Crippen molar-refractivity contribution in [3.05, 3.63) is 30.3 Å². The van der Waals surface area contributed by atoms with Crippen molar-refractivity contribution in [1.82, 2.24) is 0 Å². The molecule has 0 spiro atoms. The summed E-state index contributed by atoms with van der Waals surface area (Å²) in [5, 5.41) is 2.26. The van der Waals surface area contributed by atoms with Crippen molar-refractivity contribution in [3.63, 3.8) is 0 Å². The highest BCUT2D eigenvalue weighted by atomic mass is 35.5. The molecule has 0 fully saturated rings. The van der Waals surface area contributed by atoms with E-state index in [1.165, 1.54) is 0 Å². The molecular formula is C11H10ClNO2. The minimum absolute atomic E-state index is 0. The average Bonchev–Trinajstić information content (AvgIpc) is 2.62. The van der Waals surface area contributed by atoms with E-state index in [1.807, 2.05) is 30.3 Å². The fourth-order valence-corrected chi connectivity index (χ4v) is 1.73. The first-order chi connectivity index (χ1) is 6.84. The molecule has 0 bridgehead atoms. The van der Waals surface area contributed by atoms with E-state index in [4.69, 9.17) is 9.47 Å². The molecule has 3 nitrogen and oxygen atoms in total. The summed E-state index contributed by atoms with van der Waals surface area (Å²) < 4.78 is 10.6. The number of ether oxygens (including phenoxy) is 2. The van der Waals surface area contributed by atoms with E-state index in [9.17, 15) is 0 Å². The maximum Gasteiger partial charge on any atom is 0.231 e. The van der Waals surface area contributed by atoms with Crippen molar-refractivity contribution in [3.8, 4) is 11.5 Å². The van der Waals surface area contributed by atoms with E-state index >= 15 is 0 Å². The van der Waals surface area contributed by atoms with Crippen LogP contribution in [0.4, 0.5) is 5.69 Å². The summed E-state index contributed by atoms with van der Waals surface area (Å²) in [4.78, 5) is 0. The second-order valence-electron chi connectivity index (χ2n) is 3.34. The topological polar surface area (TPSA) is 46.1 Å². The van der Waals surface area contributed by atoms with Gasteiger partial charge in [0.05, 0.1) is 0 Å². The van der Waals surface area contributed by atoms with Gasteiger partial charge in [0, 0.05) is 5.39 Å². The Morgan fingerprint density at radius 3 is 2.60 bits per heavy atom. The van der Waals surface area contributed by atoms with E-state index in [2.05, 4.69) is 5.73 Å². The molecule has 0 saturated carbocycles. The van der Waals surface area contributed by atoms with Gasteiger partial charge in [-0.1, -0.05) is 12.1 Å². The van der Waals surface area contributed by atoms with Crippen LogP contribution >= 0.6 is 0 Å². The molecule has 0 aliphatic carbocycles. The Bertz CT molecular complexity index is 513. The molecule has 3 rings (SSSR count). The molecule has 3 N–H and O–H groups in total. The van der Waals surface area contributed by atoms with Crippen LogP contribution in [0.15, 0.2) is 30.3 Å². The standard InChI is InChI=1S/C11H9NO2.ClH/c12-9-3-1-2-7-4-10-11(5-8(7)9)14-6-13-10;/h1-5H,6,12H2;1H. The molecule has 4 heteroatoms. The maximum absolute atomic E-state index is 5.31. The monoisotopic (exact) mass is 223 g/mol. The van der Waals surface area contributed by atoms with Gasteiger partial charge in [-0.15, -0.1) is 0 Å². The SMILES string of the molecule is [Cl-].[NH3+]c1cccc2cc3c(cc12)OCO3. The number of benzene rings is 2. The smallest absolute Gasteiger partial charge is 0.231 e. The summed E-state index contributed by atoms with van der Waals surface area (Å²) in [6.07, 6.45) is 0. The minimum atomic E-state index is 0. The fourth-order valence-electron chi connectivity index (χ4n) is 1.73. The van der Waals surface area contributed by atoms with Crippen molar-refractivity contribution >= 4 is 16.5 Å². The van der Waals surface area contributed by atoms with Crippen LogP contribution in [0.5, 0.6) is 11.5 Å². The predicted octanol–water partition coefficient (Wildman–Crippen LogP) is -1.55. The van der Waals surface area contributed by atoms with Gasteiger partial charge in [0.15, 0.2) is 11.5 Å². The van der Waals surface area contributed by atoms with Crippen LogP contribution in [0.2, 0.25) is 0 Å². The molecule has 15 heavy (non-hydrogen) atoms. The molecule has 78 valence electrons. The largest absolute Gasteiger partial charge is 1.00 e. The van der Waals surface area contributed by atoms with Crippen molar-refractivity contribution in [2.45, 2.75) is 0 Å². The van der Waals surface area contributed by atoms with Gasteiger partial charge < -0.3 is 27.6 Å². The van der Waals surface area contributed by atoms with Crippen molar-refractivity contribution in [2.24, 2.45) is 0 Å². The molecule has 1 heterocycles. The van der Waals surface area contributed by atoms with Gasteiger partial charge in [-0.25, -0.2) is 0 Å². The lowest BCUT2D eigenvalue weighted by molar-refractivity contribution is -0.252. The normalized spacial score (nSPS) is 12.6. The Hall–Kier alpha value is -1.45. The highest BCUT2D eigenvalue weighted by molar-refractivity contribution is 5.93. The lowest BCUT2D eigenvalue weighted by Crippen LogP contribution is -3.00. The number of hydrogen-bond donors (Lipinski definition) is 1. The Kier molecular flexibility index (Phi) is 2.42. The zero-order valence-electron chi connectivity index (χ0n) is 8.00. The first-order valence-corrected chi connectivity index (χ1v) is 4.49. The zero-order chi connectivity index (χ0) is 9.54. The summed E-state index contributed by atoms with van der Waals surface area (Å²) in [7, 11) is 0. The average molecular weight is 224 g/mol. The van der Waals surface area contributed by atoms with Crippen LogP contribution < -0.4 is 27.6 Å². The highest BCUT2D eigenvalue weighted by Crippen LogP contribution is 2.37. The number of rotatable bonds is 0. The van der Waals surface area contributed by atoms with E-state index in [0.29, 0.717) is 6.79 Å². The minimum Gasteiger partial charge on any atom is -1.00 e. The molecule has 0 amide bonds. The predicted molar refractivity (Wildman–Crippen MR) is 52.6 cm³/mol. The summed E-state index contributed by atoms with van der Waals surface area (Å²) in [5.41, 5.74) is 4.99. The molecule has 0 saturated heterocycles. The van der Waals surface area contributed by atoms with Gasteiger partial charge in [0.1, 0.15) is 5.69 Å². The van der Waals surface area contributed by atoms with Crippen molar-refractivity contribution in [1.29, 1.82) is 0 Å². The number of halogens is 1. The third-order valence-corrected chi connectivity index (χ3v) is 2.46. The van der Waals surface area contributed by atoms with E-state index < -0.39 is 0 Å². The highest BCUT2D eigenvalue weighted by Gasteiger charge is 2.15. The quantitative estimate of drug-likeness (QED) is 0.588. The van der Waals surface area contributed by atoms with Gasteiger partial charge in [-0.2, -0.15) is 0 Å². The van der Waals surface area contributed by atoms with Gasteiger partial charge in [0.25, 0.3) is 0 Å². The first-order valence-electron chi connectivity index (χ1n) is 4.49. The van der Waals surface area contributed by atoms with Crippen LogP contribution in [0.25, 0.3) is 10.8 Å². The number of fused-ring (bicyclic) bond motifs is 2. The molecule has 1 aliphatic heterocycles. The number of hydrogen-bond acceptors (Lipinski definition) is 2. The van der Waals surface area contributed by atoms with Gasteiger partial charge in [0.2, 0.25) is 6.79 Å². The van der Waals surface area contributed by atoms with Crippen LogP contribution in [-0.2, 0) is 0 Å². The second kappa shape index (κ2) is 3.61. The Morgan fingerprint density at radius 1 is 1.07 bits per heavy atom. The van der Waals surface area contributed by atoms with Crippen LogP contribution in [0, 0.1) is 0 Å². The van der Waals surface area contributed by atoms with Crippen LogP contribution in [0.1, 0.15) is 0 Å². The Balaban J connectivity index is 0.000000853. The molecular weight excluding hydrogens is 214 g/mol. The van der Waals surface area contributed by atoms with Crippen molar-refractivity contribution < 1.29 is 27.6 Å². The van der Waals surface area contributed by atoms with Crippen molar-refractivity contribution in [2.75, 3.05) is 6.79 Å². The molecule has 0 aromatic heterocycles. The maximum atomic E-state index is 5.31. The summed E-state index contributed by atoms with van der Waals surface area (Å²) >= 11 is 0. The summed E-state index contributed by atoms with van der Waals surface area (Å²) in [6.45, 7) is 0.318. The molecule has 2 aromatic rings. The lowest BCUT2D eigenvalue weighted by atomic mass is 10.1. The summed E-state index contributed by atoms with van der Waals surface area (Å²) in [6, 6.07) is 10.0. The molecule has 0 atom stereocenters. The van der Waals surface area contributed by atoms with E-state index in [1.54, 1.807) is 0 Å². The molecule has 2 aromatic carbocycles. The van der Waals surface area contributed by atoms with E-state index in [-0.39, 0.29) is 12.4 Å². The zero-order valence-corrected chi connectivity index (χ0v) is 8.75. The van der Waals surface area contributed by atoms with E-state index in [0.717, 1.165) is 28.0 Å². The van der Waals surface area contributed by atoms with Gasteiger partial charge >= 0.3 is 0 Å². The number of quaternary nitrogens is 1. The van der Waals surface area contributed by atoms with Gasteiger partial charge in [-0.3, -0.25) is 0 Å². The Labute approximate surface area is 93.2 Å². The fraction of sp³-hybridized carbons (Fsp3) is 0.0909. The second-order valence-corrected chi connectivity index (χ2v) is 3.34. The third kappa shape index (κ3) is 1.50. The molecule has 1 aliphatic rings. The lowest BCUT2D eigenvalue weighted by Gasteiger charge is -2.00. The third-order valence-electron chi connectivity index (χ3n) is 2.46. The summed E-state index contributed by atoms with van der Waals surface area (Å²) in [5.74, 6) is 1.64. The van der Waals surface area contributed by atoms with Crippen LogP contribution in [0.3, 0.4) is 0 Å². The molecule has 0 unspecified atom stereocenters. The van der Waals surface area contributed by atoms with Crippen LogP contribution in [-0.4, -0.2) is 6.79 Å². The van der Waals surface area contributed by atoms with Gasteiger partial charge in [-0.05, 0) is 23.6 Å². The first kappa shape index (κ1) is 10.1.